The lowest BCUT2D eigenvalue weighted by Gasteiger charge is -2.09. The van der Waals surface area contributed by atoms with Gasteiger partial charge in [0.2, 0.25) is 0 Å². The van der Waals surface area contributed by atoms with Gasteiger partial charge >= 0.3 is 11.9 Å². The van der Waals surface area contributed by atoms with Crippen LogP contribution < -0.4 is 5.32 Å². The number of pyridine rings is 1. The predicted molar refractivity (Wildman–Crippen MR) is 71.6 cm³/mol. The summed E-state index contributed by atoms with van der Waals surface area (Å²) >= 11 is 5.79. The fourth-order valence-electron chi connectivity index (χ4n) is 1.46. The van der Waals surface area contributed by atoms with Gasteiger partial charge in [-0.2, -0.15) is 5.10 Å². The minimum atomic E-state index is -0.958. The topological polar surface area (TPSA) is 86.1 Å². The predicted octanol–water partition coefficient (Wildman–Crippen LogP) is 1.42. The molecule has 2 rings (SSSR count). The second-order valence-corrected chi connectivity index (χ2v) is 4.09. The number of anilines is 1. The Morgan fingerprint density at radius 2 is 2.30 bits per heavy atom. The SMILES string of the molecule is CCOC(=O)C(=O)Nc1cccnc1-n1cc(Cl)cn1. The molecule has 2 heterocycles. The molecule has 1 N–H and O–H groups in total. The van der Waals surface area contributed by atoms with E-state index in [-0.39, 0.29) is 6.61 Å². The third-order valence-corrected chi connectivity index (χ3v) is 2.46. The minimum absolute atomic E-state index is 0.126. The molecule has 0 saturated heterocycles. The molecule has 0 aliphatic rings. The van der Waals surface area contributed by atoms with Crippen molar-refractivity contribution in [3.05, 3.63) is 35.7 Å². The Kier molecular flexibility index (Phi) is 4.31. The normalized spacial score (nSPS) is 10.1. The molecule has 8 heteroatoms. The van der Waals surface area contributed by atoms with Crippen molar-refractivity contribution in [1.82, 2.24) is 14.8 Å². The van der Waals surface area contributed by atoms with E-state index < -0.39 is 11.9 Å². The van der Waals surface area contributed by atoms with Crippen molar-refractivity contribution in [2.45, 2.75) is 6.92 Å². The van der Waals surface area contributed by atoms with E-state index in [0.29, 0.717) is 16.5 Å². The Hall–Kier alpha value is -2.41. The van der Waals surface area contributed by atoms with Crippen molar-refractivity contribution in [1.29, 1.82) is 0 Å². The molecule has 0 saturated carbocycles. The zero-order valence-electron chi connectivity index (χ0n) is 10.5. The molecule has 20 heavy (non-hydrogen) atoms. The van der Waals surface area contributed by atoms with Crippen LogP contribution in [0.4, 0.5) is 5.69 Å². The van der Waals surface area contributed by atoms with Crippen molar-refractivity contribution in [3.63, 3.8) is 0 Å². The molecule has 2 aromatic rings. The van der Waals surface area contributed by atoms with Gasteiger partial charge in [-0.3, -0.25) is 4.79 Å². The van der Waals surface area contributed by atoms with Crippen LogP contribution in [0.5, 0.6) is 0 Å². The fraction of sp³-hybridized carbons (Fsp3) is 0.167. The first-order valence-corrected chi connectivity index (χ1v) is 6.13. The summed E-state index contributed by atoms with van der Waals surface area (Å²) < 4.78 is 6.00. The highest BCUT2D eigenvalue weighted by molar-refractivity contribution is 6.37. The van der Waals surface area contributed by atoms with E-state index in [9.17, 15) is 9.59 Å². The highest BCUT2D eigenvalue weighted by atomic mass is 35.5. The Morgan fingerprint density at radius 3 is 2.95 bits per heavy atom. The summed E-state index contributed by atoms with van der Waals surface area (Å²) in [5, 5.41) is 6.84. The summed E-state index contributed by atoms with van der Waals surface area (Å²) in [5.74, 6) is -1.49. The Balaban J connectivity index is 2.25. The van der Waals surface area contributed by atoms with Gasteiger partial charge in [-0.1, -0.05) is 11.6 Å². The van der Waals surface area contributed by atoms with Crippen LogP contribution in [-0.2, 0) is 14.3 Å². The zero-order valence-corrected chi connectivity index (χ0v) is 11.3. The molecule has 104 valence electrons. The maximum Gasteiger partial charge on any atom is 0.397 e. The number of esters is 1. The monoisotopic (exact) mass is 294 g/mol. The van der Waals surface area contributed by atoms with Crippen LogP contribution in [0.2, 0.25) is 5.02 Å². The number of aromatic nitrogens is 3. The number of carbonyl (C=O) groups is 2. The third-order valence-electron chi connectivity index (χ3n) is 2.26. The third kappa shape index (κ3) is 3.12. The van der Waals surface area contributed by atoms with Gasteiger partial charge in [0.1, 0.15) is 0 Å². The summed E-state index contributed by atoms with van der Waals surface area (Å²) in [5.41, 5.74) is 0.324. The van der Waals surface area contributed by atoms with E-state index in [4.69, 9.17) is 11.6 Å². The number of nitrogens with one attached hydrogen (secondary N) is 1. The number of hydrogen-bond donors (Lipinski definition) is 1. The van der Waals surface area contributed by atoms with Gasteiger partial charge in [-0.05, 0) is 19.1 Å². The second-order valence-electron chi connectivity index (χ2n) is 3.65. The number of halogens is 1. The highest BCUT2D eigenvalue weighted by Crippen LogP contribution is 2.18. The molecule has 2 aromatic heterocycles. The van der Waals surface area contributed by atoms with E-state index >= 15 is 0 Å². The van der Waals surface area contributed by atoms with Gasteiger partial charge in [-0.25, -0.2) is 14.5 Å². The number of rotatable bonds is 3. The Morgan fingerprint density at radius 1 is 1.50 bits per heavy atom. The van der Waals surface area contributed by atoms with Gasteiger partial charge in [0.05, 0.1) is 29.7 Å². The maximum absolute atomic E-state index is 11.6. The molecule has 0 fully saturated rings. The van der Waals surface area contributed by atoms with Crippen molar-refractivity contribution in [2.24, 2.45) is 0 Å². The number of nitrogens with zero attached hydrogens (tertiary/aromatic N) is 3. The van der Waals surface area contributed by atoms with Gasteiger partial charge in [-0.15, -0.1) is 0 Å². The van der Waals surface area contributed by atoms with Crippen molar-refractivity contribution >= 4 is 29.2 Å². The van der Waals surface area contributed by atoms with Crippen LogP contribution in [-0.4, -0.2) is 33.2 Å². The van der Waals surface area contributed by atoms with Crippen molar-refractivity contribution in [2.75, 3.05) is 11.9 Å². The second kappa shape index (κ2) is 6.16. The number of amides is 1. The lowest BCUT2D eigenvalue weighted by Crippen LogP contribution is -2.25. The minimum Gasteiger partial charge on any atom is -0.459 e. The van der Waals surface area contributed by atoms with Crippen LogP contribution in [0, 0.1) is 0 Å². The van der Waals surface area contributed by atoms with Crippen LogP contribution >= 0.6 is 11.6 Å². The van der Waals surface area contributed by atoms with Gasteiger partial charge in [0, 0.05) is 6.20 Å². The molecular weight excluding hydrogens is 284 g/mol. The summed E-state index contributed by atoms with van der Waals surface area (Å²) in [4.78, 5) is 27.0. The summed E-state index contributed by atoms with van der Waals surface area (Å²) in [6, 6.07) is 3.21. The van der Waals surface area contributed by atoms with E-state index in [1.807, 2.05) is 0 Å². The van der Waals surface area contributed by atoms with Crippen LogP contribution in [0.15, 0.2) is 30.7 Å². The van der Waals surface area contributed by atoms with Gasteiger partial charge < -0.3 is 10.1 Å². The molecule has 0 aliphatic carbocycles. The quantitative estimate of drug-likeness (QED) is 0.683. The average Bonchev–Trinajstić information content (AvgIpc) is 2.86. The summed E-state index contributed by atoms with van der Waals surface area (Å²) in [7, 11) is 0. The van der Waals surface area contributed by atoms with E-state index in [1.54, 1.807) is 19.1 Å². The Labute approximate surface area is 119 Å². The lowest BCUT2D eigenvalue weighted by molar-refractivity contribution is -0.152. The van der Waals surface area contributed by atoms with Crippen LogP contribution in [0.1, 0.15) is 6.92 Å². The largest absolute Gasteiger partial charge is 0.459 e. The molecule has 0 unspecified atom stereocenters. The summed E-state index contributed by atoms with van der Waals surface area (Å²) in [6.07, 6.45) is 4.50. The molecule has 0 aromatic carbocycles. The van der Waals surface area contributed by atoms with Gasteiger partial charge in [0.15, 0.2) is 5.82 Å². The number of hydrogen-bond acceptors (Lipinski definition) is 5. The van der Waals surface area contributed by atoms with Crippen molar-refractivity contribution < 1.29 is 14.3 Å². The van der Waals surface area contributed by atoms with E-state index in [2.05, 4.69) is 20.1 Å². The molecule has 0 bridgehead atoms. The molecule has 1 amide bonds. The smallest absolute Gasteiger partial charge is 0.397 e. The molecule has 0 aliphatic heterocycles. The van der Waals surface area contributed by atoms with Crippen molar-refractivity contribution in [3.8, 4) is 5.82 Å². The zero-order chi connectivity index (χ0) is 14.5. The lowest BCUT2D eigenvalue weighted by atomic mass is 10.3. The Bertz CT molecular complexity index is 641. The van der Waals surface area contributed by atoms with E-state index in [1.165, 1.54) is 23.3 Å². The number of carbonyl (C=O) groups excluding carboxylic acids is 2. The summed E-state index contributed by atoms with van der Waals surface area (Å²) in [6.45, 7) is 1.74. The molecule has 0 atom stereocenters. The molecule has 7 nitrogen and oxygen atoms in total. The standard InChI is InChI=1S/C12H11ClN4O3/c1-2-20-12(19)11(18)16-9-4-3-5-14-10(9)17-7-8(13)6-15-17/h3-7H,2H2,1H3,(H,16,18). The molecule has 0 radical (unpaired) electrons. The van der Waals surface area contributed by atoms with Crippen LogP contribution in [0.3, 0.4) is 0 Å². The number of ether oxygens (including phenoxy) is 1. The van der Waals surface area contributed by atoms with Crippen LogP contribution in [0.25, 0.3) is 5.82 Å². The van der Waals surface area contributed by atoms with Gasteiger partial charge in [0.25, 0.3) is 0 Å². The first kappa shape index (κ1) is 14.0. The fourth-order valence-corrected chi connectivity index (χ4v) is 1.60. The van der Waals surface area contributed by atoms with E-state index in [0.717, 1.165) is 0 Å². The first-order valence-electron chi connectivity index (χ1n) is 5.75. The maximum atomic E-state index is 11.6. The molecular formula is C12H11ClN4O3. The highest BCUT2D eigenvalue weighted by Gasteiger charge is 2.17. The first-order chi connectivity index (χ1) is 9.61. The molecule has 0 spiro atoms. The average molecular weight is 295 g/mol.